The van der Waals surface area contributed by atoms with Crippen LogP contribution in [0.2, 0.25) is 0 Å². The summed E-state index contributed by atoms with van der Waals surface area (Å²) in [6.07, 6.45) is 0.400. The highest BCUT2D eigenvalue weighted by atomic mass is 19.3. The molecular weight excluding hydrogens is 392 g/mol. The summed E-state index contributed by atoms with van der Waals surface area (Å²) in [6.45, 7) is 3.62. The number of aromatic nitrogens is 4. The van der Waals surface area contributed by atoms with Crippen LogP contribution >= 0.6 is 0 Å². The molecule has 1 amide bonds. The molecule has 3 aromatic rings. The summed E-state index contributed by atoms with van der Waals surface area (Å²) in [5, 5.41) is 3.82. The Balaban J connectivity index is 1.47. The van der Waals surface area contributed by atoms with E-state index < -0.39 is 6.43 Å². The molecule has 4 rings (SSSR count). The molecule has 0 bridgehead atoms. The van der Waals surface area contributed by atoms with Crippen molar-refractivity contribution >= 4 is 11.7 Å². The molecule has 1 aromatic carbocycles. The molecule has 1 fully saturated rings. The molecule has 1 aliphatic rings. The van der Waals surface area contributed by atoms with Gasteiger partial charge in [-0.05, 0) is 43.5 Å². The Hall–Kier alpha value is -3.10. The van der Waals surface area contributed by atoms with Gasteiger partial charge in [0, 0.05) is 19.0 Å². The Labute approximate surface area is 172 Å². The van der Waals surface area contributed by atoms with Crippen LogP contribution in [0.3, 0.4) is 0 Å². The predicted octanol–water partition coefficient (Wildman–Crippen LogP) is 3.41. The van der Waals surface area contributed by atoms with Crippen molar-refractivity contribution in [1.82, 2.24) is 24.5 Å². The van der Waals surface area contributed by atoms with Gasteiger partial charge >= 0.3 is 0 Å². The second-order valence-electron chi connectivity index (χ2n) is 7.31. The molecule has 3 heterocycles. The molecule has 1 saturated heterocycles. The number of fused-ring (bicyclic) bond motifs is 1. The maximum Gasteiger partial charge on any atom is 0.280 e. The Kier molecular flexibility index (Phi) is 5.87. The van der Waals surface area contributed by atoms with E-state index in [4.69, 9.17) is 4.74 Å². The fourth-order valence-electron chi connectivity index (χ4n) is 3.82. The first-order valence-corrected chi connectivity index (χ1v) is 10.0. The van der Waals surface area contributed by atoms with Crippen molar-refractivity contribution < 1.29 is 18.3 Å². The standard InChI is InChI=1S/C21H23F2N5O2/c1-2-30-16-7-5-14(6-8-16)10-19(29)27-9-3-4-15(12-27)17-11-18(20(22)23)28-21(26-17)24-13-25-28/h5-8,11,13,15,20H,2-4,9-10,12H2,1H3/t15-/m0/s1. The van der Waals surface area contributed by atoms with Gasteiger partial charge in [-0.15, -0.1) is 0 Å². The second kappa shape index (κ2) is 8.73. The second-order valence-corrected chi connectivity index (χ2v) is 7.31. The van der Waals surface area contributed by atoms with Gasteiger partial charge in [-0.25, -0.2) is 13.8 Å². The predicted molar refractivity (Wildman–Crippen MR) is 106 cm³/mol. The number of likely N-dealkylation sites (tertiary alicyclic amines) is 1. The molecule has 158 valence electrons. The molecule has 0 spiro atoms. The van der Waals surface area contributed by atoms with E-state index in [2.05, 4.69) is 15.1 Å². The SMILES string of the molecule is CCOc1ccc(CC(=O)N2CCC[C@H](c3cc(C(F)F)n4ncnc4n3)C2)cc1. The van der Waals surface area contributed by atoms with Gasteiger partial charge in [-0.3, -0.25) is 4.79 Å². The van der Waals surface area contributed by atoms with Crippen LogP contribution < -0.4 is 4.74 Å². The Morgan fingerprint density at radius 2 is 2.10 bits per heavy atom. The zero-order valence-electron chi connectivity index (χ0n) is 16.7. The van der Waals surface area contributed by atoms with E-state index in [0.29, 0.717) is 25.4 Å². The monoisotopic (exact) mass is 415 g/mol. The first-order valence-electron chi connectivity index (χ1n) is 10.0. The third-order valence-electron chi connectivity index (χ3n) is 5.30. The van der Waals surface area contributed by atoms with E-state index in [9.17, 15) is 13.6 Å². The number of ether oxygens (including phenoxy) is 1. The number of halogens is 2. The van der Waals surface area contributed by atoms with Crippen molar-refractivity contribution in [2.75, 3.05) is 19.7 Å². The highest BCUT2D eigenvalue weighted by Gasteiger charge is 2.27. The third kappa shape index (κ3) is 4.24. The Morgan fingerprint density at radius 1 is 1.30 bits per heavy atom. The van der Waals surface area contributed by atoms with Crippen LogP contribution in [0.5, 0.6) is 5.75 Å². The van der Waals surface area contributed by atoms with E-state index in [-0.39, 0.29) is 29.7 Å². The van der Waals surface area contributed by atoms with Gasteiger partial charge in [0.05, 0.1) is 18.7 Å². The molecule has 0 N–H and O–H groups in total. The summed E-state index contributed by atoms with van der Waals surface area (Å²) < 4.78 is 33.4. The average Bonchev–Trinajstić information content (AvgIpc) is 3.23. The molecule has 2 aromatic heterocycles. The van der Waals surface area contributed by atoms with Crippen LogP contribution in [0.25, 0.3) is 5.78 Å². The van der Waals surface area contributed by atoms with Crippen molar-refractivity contribution in [2.45, 2.75) is 38.5 Å². The van der Waals surface area contributed by atoms with Gasteiger partial charge in [-0.2, -0.15) is 14.6 Å². The van der Waals surface area contributed by atoms with Crippen molar-refractivity contribution in [3.05, 3.63) is 53.6 Å². The van der Waals surface area contributed by atoms with Gasteiger partial charge in [0.1, 0.15) is 17.8 Å². The van der Waals surface area contributed by atoms with Gasteiger partial charge < -0.3 is 9.64 Å². The first kappa shape index (κ1) is 20.2. The lowest BCUT2D eigenvalue weighted by Crippen LogP contribution is -2.40. The van der Waals surface area contributed by atoms with Crippen LogP contribution in [0.15, 0.2) is 36.7 Å². The lowest BCUT2D eigenvalue weighted by molar-refractivity contribution is -0.131. The highest BCUT2D eigenvalue weighted by Crippen LogP contribution is 2.29. The van der Waals surface area contributed by atoms with Gasteiger partial charge in [0.15, 0.2) is 0 Å². The zero-order valence-corrected chi connectivity index (χ0v) is 16.7. The molecule has 9 heteroatoms. The minimum absolute atomic E-state index is 0.0153. The number of hydrogen-bond acceptors (Lipinski definition) is 5. The minimum atomic E-state index is -2.68. The average molecular weight is 415 g/mol. The number of hydrogen-bond donors (Lipinski definition) is 0. The van der Waals surface area contributed by atoms with Crippen molar-refractivity contribution in [1.29, 1.82) is 0 Å². The van der Waals surface area contributed by atoms with Crippen LogP contribution in [0.4, 0.5) is 8.78 Å². The van der Waals surface area contributed by atoms with Crippen molar-refractivity contribution in [3.8, 4) is 5.75 Å². The van der Waals surface area contributed by atoms with Crippen LogP contribution in [0, 0.1) is 0 Å². The molecular formula is C21H23F2N5O2. The maximum absolute atomic E-state index is 13.5. The molecule has 1 aliphatic heterocycles. The van der Waals surface area contributed by atoms with E-state index in [1.54, 1.807) is 4.90 Å². The number of carbonyl (C=O) groups excluding carboxylic acids is 1. The molecule has 30 heavy (non-hydrogen) atoms. The van der Waals surface area contributed by atoms with Crippen LogP contribution in [-0.2, 0) is 11.2 Å². The number of piperidine rings is 1. The summed E-state index contributed by atoms with van der Waals surface area (Å²) in [5.74, 6) is 0.834. The Bertz CT molecular complexity index is 1020. The molecule has 7 nitrogen and oxygen atoms in total. The molecule has 0 unspecified atom stereocenters. The summed E-state index contributed by atoms with van der Waals surface area (Å²) >= 11 is 0. The largest absolute Gasteiger partial charge is 0.494 e. The van der Waals surface area contributed by atoms with E-state index in [1.807, 2.05) is 31.2 Å². The number of benzene rings is 1. The summed E-state index contributed by atoms with van der Waals surface area (Å²) in [6, 6.07) is 8.88. The summed E-state index contributed by atoms with van der Waals surface area (Å²) in [7, 11) is 0. The topological polar surface area (TPSA) is 72.6 Å². The van der Waals surface area contributed by atoms with Crippen molar-refractivity contribution in [3.63, 3.8) is 0 Å². The number of alkyl halides is 2. The first-order chi connectivity index (χ1) is 14.5. The Morgan fingerprint density at radius 3 is 2.83 bits per heavy atom. The summed E-state index contributed by atoms with van der Waals surface area (Å²) in [5.41, 5.74) is 1.21. The number of nitrogens with zero attached hydrogens (tertiary/aromatic N) is 5. The van der Waals surface area contributed by atoms with Crippen LogP contribution in [-0.4, -0.2) is 50.1 Å². The van der Waals surface area contributed by atoms with Gasteiger partial charge in [0.25, 0.3) is 12.2 Å². The van der Waals surface area contributed by atoms with Gasteiger partial charge in [0.2, 0.25) is 5.91 Å². The normalized spacial score (nSPS) is 16.9. The van der Waals surface area contributed by atoms with E-state index in [0.717, 1.165) is 28.7 Å². The molecule has 0 aliphatic carbocycles. The quantitative estimate of drug-likeness (QED) is 0.617. The zero-order chi connectivity index (χ0) is 21.1. The number of amides is 1. The molecule has 1 atom stereocenters. The van der Waals surface area contributed by atoms with E-state index >= 15 is 0 Å². The van der Waals surface area contributed by atoms with Crippen molar-refractivity contribution in [2.24, 2.45) is 0 Å². The molecule has 0 saturated carbocycles. The lowest BCUT2D eigenvalue weighted by atomic mass is 9.93. The van der Waals surface area contributed by atoms with Crippen LogP contribution in [0.1, 0.15) is 49.1 Å². The maximum atomic E-state index is 13.5. The highest BCUT2D eigenvalue weighted by molar-refractivity contribution is 5.79. The fourth-order valence-corrected chi connectivity index (χ4v) is 3.82. The van der Waals surface area contributed by atoms with Gasteiger partial charge in [-0.1, -0.05) is 12.1 Å². The molecule has 0 radical (unpaired) electrons. The van der Waals surface area contributed by atoms with E-state index in [1.165, 1.54) is 12.4 Å². The fraction of sp³-hybridized carbons (Fsp3) is 0.429. The number of carbonyl (C=O) groups is 1. The summed E-state index contributed by atoms with van der Waals surface area (Å²) in [4.78, 5) is 23.0. The third-order valence-corrected chi connectivity index (χ3v) is 5.30. The lowest BCUT2D eigenvalue weighted by Gasteiger charge is -2.32. The smallest absolute Gasteiger partial charge is 0.280 e. The number of rotatable bonds is 6. The minimum Gasteiger partial charge on any atom is -0.494 e.